The third-order valence-electron chi connectivity index (χ3n) is 4.64. The summed E-state index contributed by atoms with van der Waals surface area (Å²) < 4.78 is 5.47. The minimum Gasteiger partial charge on any atom is -0.484 e. The van der Waals surface area contributed by atoms with E-state index in [1.165, 1.54) is 0 Å². The second kappa shape index (κ2) is 8.24. The third kappa shape index (κ3) is 4.66. The van der Waals surface area contributed by atoms with Gasteiger partial charge in [-0.05, 0) is 74.2 Å². The lowest BCUT2D eigenvalue weighted by Gasteiger charge is -2.21. The molecule has 0 spiro atoms. The molecule has 27 heavy (non-hydrogen) atoms. The molecule has 0 saturated heterocycles. The topological polar surface area (TPSA) is 79.2 Å². The molecule has 138 valence electrons. The molecule has 6 heteroatoms. The van der Waals surface area contributed by atoms with Crippen LogP contribution in [-0.4, -0.2) is 23.8 Å². The van der Waals surface area contributed by atoms with Crippen molar-refractivity contribution in [3.8, 4) is 11.8 Å². The average molecular weight is 383 g/mol. The molecular formula is C21H19ClN2O3. The lowest BCUT2D eigenvalue weighted by Crippen LogP contribution is -2.47. The Morgan fingerprint density at radius 1 is 1.04 bits per heavy atom. The fraction of sp³-hybridized carbons (Fsp3) is 0.286. The van der Waals surface area contributed by atoms with Gasteiger partial charge in [-0.3, -0.25) is 9.59 Å². The maximum Gasteiger partial charge on any atom is 0.259 e. The third-order valence-corrected chi connectivity index (χ3v) is 4.89. The van der Waals surface area contributed by atoms with Gasteiger partial charge in [0.15, 0.2) is 12.4 Å². The van der Waals surface area contributed by atoms with Gasteiger partial charge < -0.3 is 10.1 Å². The lowest BCUT2D eigenvalue weighted by molar-refractivity contribution is -0.124. The second-order valence-corrected chi connectivity index (χ2v) is 7.03. The number of halogens is 1. The molecule has 5 nitrogen and oxygen atoms in total. The van der Waals surface area contributed by atoms with Crippen molar-refractivity contribution in [2.45, 2.75) is 31.2 Å². The first-order valence-electron chi connectivity index (χ1n) is 8.77. The monoisotopic (exact) mass is 382 g/mol. The summed E-state index contributed by atoms with van der Waals surface area (Å²) in [5.41, 5.74) is 0.310. The zero-order valence-electron chi connectivity index (χ0n) is 14.7. The Hall–Kier alpha value is -2.84. The van der Waals surface area contributed by atoms with Gasteiger partial charge in [-0.2, -0.15) is 5.26 Å². The molecule has 1 N–H and O–H groups in total. The van der Waals surface area contributed by atoms with Crippen LogP contribution in [-0.2, 0) is 4.79 Å². The Labute approximate surface area is 162 Å². The highest BCUT2D eigenvalue weighted by Gasteiger charge is 2.35. The molecule has 0 unspecified atom stereocenters. The van der Waals surface area contributed by atoms with Crippen molar-refractivity contribution in [3.63, 3.8) is 0 Å². The minimum absolute atomic E-state index is 0.117. The van der Waals surface area contributed by atoms with Crippen molar-refractivity contribution < 1.29 is 14.3 Å². The maximum atomic E-state index is 12.4. The van der Waals surface area contributed by atoms with Crippen molar-refractivity contribution in [1.29, 1.82) is 5.26 Å². The van der Waals surface area contributed by atoms with Crippen LogP contribution in [0.5, 0.6) is 5.75 Å². The van der Waals surface area contributed by atoms with Gasteiger partial charge in [0.05, 0.1) is 6.07 Å². The van der Waals surface area contributed by atoms with Crippen LogP contribution in [0, 0.1) is 11.3 Å². The van der Waals surface area contributed by atoms with Gasteiger partial charge in [-0.25, -0.2) is 0 Å². The number of carbonyl (C=O) groups excluding carboxylic acids is 2. The summed E-state index contributed by atoms with van der Waals surface area (Å²) in [4.78, 5) is 24.5. The quantitative estimate of drug-likeness (QED) is 0.768. The van der Waals surface area contributed by atoms with E-state index in [2.05, 4.69) is 11.4 Å². The van der Waals surface area contributed by atoms with Crippen molar-refractivity contribution >= 4 is 23.3 Å². The fourth-order valence-corrected chi connectivity index (χ4v) is 3.29. The predicted molar refractivity (Wildman–Crippen MR) is 102 cm³/mol. The van der Waals surface area contributed by atoms with Gasteiger partial charge >= 0.3 is 0 Å². The Morgan fingerprint density at radius 3 is 2.15 bits per heavy atom. The molecule has 0 aliphatic heterocycles. The number of carbonyl (C=O) groups is 2. The smallest absolute Gasteiger partial charge is 0.259 e. The van der Waals surface area contributed by atoms with Crippen molar-refractivity contribution in [1.82, 2.24) is 5.32 Å². The molecule has 1 aliphatic rings. The van der Waals surface area contributed by atoms with E-state index in [-0.39, 0.29) is 18.3 Å². The first-order chi connectivity index (χ1) is 13.0. The summed E-state index contributed by atoms with van der Waals surface area (Å²) in [5, 5.41) is 12.6. The number of amides is 1. The zero-order chi connectivity index (χ0) is 19.3. The molecule has 1 aliphatic carbocycles. The highest BCUT2D eigenvalue weighted by molar-refractivity contribution is 6.30. The first-order valence-corrected chi connectivity index (χ1v) is 9.14. The standard InChI is InChI=1S/C21H19ClN2O3/c22-17-7-3-15(4-8-17)20(26)16-5-9-18(10-6-16)27-13-19(25)24-21(14-23)11-1-2-12-21/h3-10H,1-2,11-13H2,(H,24,25). The van der Waals surface area contributed by atoms with E-state index >= 15 is 0 Å². The molecule has 2 aromatic rings. The van der Waals surface area contributed by atoms with Crippen LogP contribution in [0.2, 0.25) is 5.02 Å². The molecule has 0 atom stereocenters. The van der Waals surface area contributed by atoms with Gasteiger partial charge in [0.2, 0.25) is 0 Å². The van der Waals surface area contributed by atoms with Gasteiger partial charge in [0.25, 0.3) is 5.91 Å². The number of ether oxygens (including phenoxy) is 1. The molecule has 0 heterocycles. The van der Waals surface area contributed by atoms with E-state index in [9.17, 15) is 14.9 Å². The second-order valence-electron chi connectivity index (χ2n) is 6.60. The Kier molecular flexibility index (Phi) is 5.78. The summed E-state index contributed by atoms with van der Waals surface area (Å²) in [6.07, 6.45) is 3.24. The molecule has 1 fully saturated rings. The molecule has 2 aromatic carbocycles. The van der Waals surface area contributed by atoms with E-state index in [1.807, 2.05) is 0 Å². The largest absolute Gasteiger partial charge is 0.484 e. The van der Waals surface area contributed by atoms with Crippen LogP contribution in [0.4, 0.5) is 0 Å². The number of hydrogen-bond acceptors (Lipinski definition) is 4. The number of rotatable bonds is 6. The van der Waals surface area contributed by atoms with Crippen LogP contribution >= 0.6 is 11.6 Å². The van der Waals surface area contributed by atoms with Gasteiger partial charge in [-0.15, -0.1) is 0 Å². The maximum absolute atomic E-state index is 12.4. The van der Waals surface area contributed by atoms with E-state index in [1.54, 1.807) is 48.5 Å². The van der Waals surface area contributed by atoms with Crippen molar-refractivity contribution in [2.75, 3.05) is 6.61 Å². The predicted octanol–water partition coefficient (Wildman–Crippen LogP) is 3.90. The Morgan fingerprint density at radius 2 is 1.59 bits per heavy atom. The summed E-state index contributed by atoms with van der Waals surface area (Å²) in [7, 11) is 0. The summed E-state index contributed by atoms with van der Waals surface area (Å²) in [6.45, 7) is -0.173. The number of ketones is 1. The fourth-order valence-electron chi connectivity index (χ4n) is 3.17. The van der Waals surface area contributed by atoms with Gasteiger partial charge in [-0.1, -0.05) is 11.6 Å². The number of nitrogens with one attached hydrogen (secondary N) is 1. The number of benzene rings is 2. The molecule has 0 bridgehead atoms. The van der Waals surface area contributed by atoms with E-state index in [0.29, 0.717) is 34.7 Å². The van der Waals surface area contributed by atoms with Crippen molar-refractivity contribution in [2.24, 2.45) is 0 Å². The van der Waals surface area contributed by atoms with Crippen molar-refractivity contribution in [3.05, 3.63) is 64.7 Å². The molecule has 1 saturated carbocycles. The average Bonchev–Trinajstić information content (AvgIpc) is 3.16. The van der Waals surface area contributed by atoms with E-state index in [4.69, 9.17) is 16.3 Å². The SMILES string of the molecule is N#CC1(NC(=O)COc2ccc(C(=O)c3ccc(Cl)cc3)cc2)CCCC1. The van der Waals surface area contributed by atoms with Crippen LogP contribution < -0.4 is 10.1 Å². The van der Waals surface area contributed by atoms with Gasteiger partial charge in [0.1, 0.15) is 11.3 Å². The minimum atomic E-state index is -0.755. The Bertz CT molecular complexity index is 864. The molecule has 3 rings (SSSR count). The van der Waals surface area contributed by atoms with E-state index in [0.717, 1.165) is 12.8 Å². The van der Waals surface area contributed by atoms with Crippen LogP contribution in [0.1, 0.15) is 41.6 Å². The van der Waals surface area contributed by atoms with Crippen LogP contribution in [0.3, 0.4) is 0 Å². The van der Waals surface area contributed by atoms with Gasteiger partial charge in [0, 0.05) is 16.1 Å². The summed E-state index contributed by atoms with van der Waals surface area (Å²) in [5.74, 6) is 0.0446. The summed E-state index contributed by atoms with van der Waals surface area (Å²) in [6, 6.07) is 15.5. The Balaban J connectivity index is 1.56. The van der Waals surface area contributed by atoms with E-state index < -0.39 is 5.54 Å². The molecule has 0 aromatic heterocycles. The first kappa shape index (κ1) is 18.9. The molecule has 1 amide bonds. The number of nitrogens with zero attached hydrogens (tertiary/aromatic N) is 1. The normalized spacial score (nSPS) is 15.0. The van der Waals surface area contributed by atoms with Crippen LogP contribution in [0.25, 0.3) is 0 Å². The zero-order valence-corrected chi connectivity index (χ0v) is 15.5. The highest BCUT2D eigenvalue weighted by atomic mass is 35.5. The highest BCUT2D eigenvalue weighted by Crippen LogP contribution is 2.28. The summed E-state index contributed by atoms with van der Waals surface area (Å²) >= 11 is 5.84. The molecular weight excluding hydrogens is 364 g/mol. The lowest BCUT2D eigenvalue weighted by atomic mass is 10.00. The molecule has 0 radical (unpaired) electrons. The number of nitriles is 1. The van der Waals surface area contributed by atoms with Crippen LogP contribution in [0.15, 0.2) is 48.5 Å². The number of hydrogen-bond donors (Lipinski definition) is 1.